The van der Waals surface area contributed by atoms with Crippen molar-refractivity contribution in [2.75, 3.05) is 0 Å². The molecule has 0 aromatic heterocycles. The summed E-state index contributed by atoms with van der Waals surface area (Å²) in [6.45, 7) is 0. The SMILES string of the molecule is NOc1ccc2ccc(O)cc2c1/C=N/NC(N)=O. The van der Waals surface area contributed by atoms with Gasteiger partial charge in [0, 0.05) is 5.56 Å². The summed E-state index contributed by atoms with van der Waals surface area (Å²) in [5, 5.41) is 14.7. The van der Waals surface area contributed by atoms with Crippen LogP contribution in [-0.2, 0) is 0 Å². The van der Waals surface area contributed by atoms with Gasteiger partial charge in [0.2, 0.25) is 0 Å². The minimum Gasteiger partial charge on any atom is -0.508 e. The minimum absolute atomic E-state index is 0.0965. The summed E-state index contributed by atoms with van der Waals surface area (Å²) < 4.78 is 0. The van der Waals surface area contributed by atoms with Gasteiger partial charge >= 0.3 is 6.03 Å². The van der Waals surface area contributed by atoms with Gasteiger partial charge in [-0.3, -0.25) is 0 Å². The summed E-state index contributed by atoms with van der Waals surface area (Å²) in [5.74, 6) is 5.63. The lowest BCUT2D eigenvalue weighted by Crippen LogP contribution is -2.24. The number of primary amides is 1. The van der Waals surface area contributed by atoms with E-state index < -0.39 is 6.03 Å². The third-order valence-corrected chi connectivity index (χ3v) is 2.50. The van der Waals surface area contributed by atoms with Crippen LogP contribution in [0.15, 0.2) is 35.4 Å². The molecular formula is C12H12N4O3. The van der Waals surface area contributed by atoms with E-state index in [2.05, 4.69) is 10.5 Å². The lowest BCUT2D eigenvalue weighted by Gasteiger charge is -2.08. The Balaban J connectivity index is 2.56. The number of phenols is 1. The Kier molecular flexibility index (Phi) is 3.48. The molecule has 0 bridgehead atoms. The Bertz CT molecular complexity index is 655. The van der Waals surface area contributed by atoms with Crippen LogP contribution >= 0.6 is 0 Å². The maximum absolute atomic E-state index is 10.6. The minimum atomic E-state index is -0.783. The summed E-state index contributed by atoms with van der Waals surface area (Å²) in [6, 6.07) is 7.51. The molecule has 98 valence electrons. The van der Waals surface area contributed by atoms with E-state index in [1.807, 2.05) is 0 Å². The number of hydrazone groups is 1. The van der Waals surface area contributed by atoms with Crippen molar-refractivity contribution in [3.63, 3.8) is 0 Å². The standard InChI is InChI=1S/C12H12N4O3/c13-12(18)16-15-6-10-9-5-8(17)3-1-7(9)2-4-11(10)19-14/h1-6,17H,14H2,(H3,13,16,18)/b15-6+. The van der Waals surface area contributed by atoms with Gasteiger partial charge in [-0.15, -0.1) is 0 Å². The number of nitrogens with two attached hydrogens (primary N) is 2. The van der Waals surface area contributed by atoms with Crippen molar-refractivity contribution < 1.29 is 14.7 Å². The summed E-state index contributed by atoms with van der Waals surface area (Å²) in [4.78, 5) is 15.3. The number of urea groups is 1. The van der Waals surface area contributed by atoms with Crippen LogP contribution in [0.25, 0.3) is 10.8 Å². The van der Waals surface area contributed by atoms with Crippen molar-refractivity contribution in [3.8, 4) is 11.5 Å². The van der Waals surface area contributed by atoms with Crippen LogP contribution in [0.3, 0.4) is 0 Å². The Labute approximate surface area is 108 Å². The molecule has 2 amide bonds. The molecule has 0 saturated carbocycles. The summed E-state index contributed by atoms with van der Waals surface area (Å²) >= 11 is 0. The van der Waals surface area contributed by atoms with Crippen LogP contribution in [0.4, 0.5) is 4.79 Å². The number of phenolic OH excluding ortho intramolecular Hbond substituents is 1. The van der Waals surface area contributed by atoms with Crippen molar-refractivity contribution >= 4 is 23.0 Å². The average Bonchev–Trinajstić information content (AvgIpc) is 2.38. The largest absolute Gasteiger partial charge is 0.508 e. The molecule has 0 atom stereocenters. The van der Waals surface area contributed by atoms with Crippen LogP contribution in [0.2, 0.25) is 0 Å². The molecule has 0 heterocycles. The molecule has 0 aliphatic carbocycles. The highest BCUT2D eigenvalue weighted by molar-refractivity contribution is 6.03. The van der Waals surface area contributed by atoms with E-state index in [4.69, 9.17) is 16.5 Å². The highest BCUT2D eigenvalue weighted by Crippen LogP contribution is 2.28. The first kappa shape index (κ1) is 12.7. The molecule has 0 aliphatic heterocycles. The van der Waals surface area contributed by atoms with Crippen molar-refractivity contribution in [1.29, 1.82) is 0 Å². The molecule has 0 fully saturated rings. The van der Waals surface area contributed by atoms with Crippen molar-refractivity contribution in [2.24, 2.45) is 16.7 Å². The van der Waals surface area contributed by atoms with Gasteiger partial charge < -0.3 is 15.7 Å². The number of nitrogens with zero attached hydrogens (tertiary/aromatic N) is 1. The molecule has 2 aromatic rings. The van der Waals surface area contributed by atoms with Gasteiger partial charge in [0.1, 0.15) is 5.75 Å². The fourth-order valence-electron chi connectivity index (χ4n) is 1.71. The van der Waals surface area contributed by atoms with Gasteiger partial charge in [0.25, 0.3) is 0 Å². The first-order chi connectivity index (χ1) is 9.11. The lowest BCUT2D eigenvalue weighted by molar-refractivity contribution is 0.249. The zero-order chi connectivity index (χ0) is 13.8. The molecular weight excluding hydrogens is 248 g/mol. The third-order valence-electron chi connectivity index (χ3n) is 2.50. The Morgan fingerprint density at radius 3 is 2.79 bits per heavy atom. The number of carbonyl (C=O) groups is 1. The molecule has 2 rings (SSSR count). The fourth-order valence-corrected chi connectivity index (χ4v) is 1.71. The van der Waals surface area contributed by atoms with Crippen molar-refractivity contribution in [2.45, 2.75) is 0 Å². The quantitative estimate of drug-likeness (QED) is 0.481. The Morgan fingerprint density at radius 1 is 1.37 bits per heavy atom. The molecule has 0 aliphatic rings. The van der Waals surface area contributed by atoms with E-state index in [1.165, 1.54) is 6.21 Å². The Morgan fingerprint density at radius 2 is 2.11 bits per heavy atom. The van der Waals surface area contributed by atoms with Gasteiger partial charge in [-0.1, -0.05) is 12.1 Å². The van der Waals surface area contributed by atoms with Gasteiger partial charge in [0.05, 0.1) is 6.21 Å². The van der Waals surface area contributed by atoms with E-state index in [0.717, 1.165) is 5.39 Å². The van der Waals surface area contributed by atoms with E-state index >= 15 is 0 Å². The zero-order valence-corrected chi connectivity index (χ0v) is 9.83. The first-order valence-corrected chi connectivity index (χ1v) is 5.33. The summed E-state index contributed by atoms with van der Waals surface area (Å²) in [6.07, 6.45) is 1.34. The number of hydrogen-bond donors (Lipinski definition) is 4. The van der Waals surface area contributed by atoms with E-state index in [1.54, 1.807) is 30.3 Å². The van der Waals surface area contributed by atoms with Gasteiger partial charge in [0.15, 0.2) is 5.75 Å². The van der Waals surface area contributed by atoms with Crippen LogP contribution in [0.5, 0.6) is 11.5 Å². The number of fused-ring (bicyclic) bond motifs is 1. The van der Waals surface area contributed by atoms with Gasteiger partial charge in [-0.2, -0.15) is 11.0 Å². The second-order valence-corrected chi connectivity index (χ2v) is 3.73. The molecule has 2 aromatic carbocycles. The number of amides is 2. The number of hydrogen-bond acceptors (Lipinski definition) is 5. The van der Waals surface area contributed by atoms with Gasteiger partial charge in [-0.05, 0) is 29.0 Å². The molecule has 0 radical (unpaired) electrons. The predicted molar refractivity (Wildman–Crippen MR) is 70.7 cm³/mol. The topological polar surface area (TPSA) is 123 Å². The number of nitrogens with one attached hydrogen (secondary N) is 1. The molecule has 6 N–H and O–H groups in total. The molecule has 0 spiro atoms. The molecule has 7 nitrogen and oxygen atoms in total. The Hall–Kier alpha value is -2.80. The average molecular weight is 260 g/mol. The first-order valence-electron chi connectivity index (χ1n) is 5.33. The number of rotatable bonds is 3. The number of carbonyl (C=O) groups excluding carboxylic acids is 1. The highest BCUT2D eigenvalue weighted by atomic mass is 16.6. The number of benzene rings is 2. The maximum Gasteiger partial charge on any atom is 0.332 e. The van der Waals surface area contributed by atoms with E-state index in [0.29, 0.717) is 16.7 Å². The van der Waals surface area contributed by atoms with Crippen LogP contribution in [0.1, 0.15) is 5.56 Å². The fraction of sp³-hybridized carbons (Fsp3) is 0. The molecule has 7 heteroatoms. The van der Waals surface area contributed by atoms with Crippen molar-refractivity contribution in [1.82, 2.24) is 5.43 Å². The monoisotopic (exact) mass is 260 g/mol. The smallest absolute Gasteiger partial charge is 0.332 e. The van der Waals surface area contributed by atoms with E-state index in [-0.39, 0.29) is 5.75 Å². The highest BCUT2D eigenvalue weighted by Gasteiger charge is 2.07. The lowest BCUT2D eigenvalue weighted by atomic mass is 10.0. The zero-order valence-electron chi connectivity index (χ0n) is 9.83. The second-order valence-electron chi connectivity index (χ2n) is 3.73. The van der Waals surface area contributed by atoms with Crippen LogP contribution in [0, 0.1) is 0 Å². The second kappa shape index (κ2) is 5.23. The molecule has 19 heavy (non-hydrogen) atoms. The molecule has 0 unspecified atom stereocenters. The van der Waals surface area contributed by atoms with Gasteiger partial charge in [-0.25, -0.2) is 10.2 Å². The third kappa shape index (κ3) is 2.72. The summed E-state index contributed by atoms with van der Waals surface area (Å²) in [5.41, 5.74) is 7.50. The normalized spacial score (nSPS) is 10.8. The predicted octanol–water partition coefficient (Wildman–Crippen LogP) is 0.800. The molecule has 0 saturated heterocycles. The summed E-state index contributed by atoms with van der Waals surface area (Å²) in [7, 11) is 0. The van der Waals surface area contributed by atoms with Crippen LogP contribution < -0.4 is 21.9 Å². The van der Waals surface area contributed by atoms with Crippen molar-refractivity contribution in [3.05, 3.63) is 35.9 Å². The maximum atomic E-state index is 10.6. The number of aromatic hydroxyl groups is 1. The van der Waals surface area contributed by atoms with E-state index in [9.17, 15) is 9.90 Å². The van der Waals surface area contributed by atoms with Crippen LogP contribution in [-0.4, -0.2) is 17.4 Å².